The van der Waals surface area contributed by atoms with Crippen LogP contribution in [0.4, 0.5) is 0 Å². The van der Waals surface area contributed by atoms with Gasteiger partial charge in [0, 0.05) is 12.6 Å². The van der Waals surface area contributed by atoms with Crippen molar-refractivity contribution in [2.45, 2.75) is 51.1 Å². The molecule has 1 rings (SSSR count). The average Bonchev–Trinajstić information content (AvgIpc) is 2.83. The number of sulfonamides is 1. The number of H-pyrrole nitrogens is 1. The van der Waals surface area contributed by atoms with Crippen molar-refractivity contribution in [3.8, 4) is 0 Å². The zero-order valence-electron chi connectivity index (χ0n) is 10.7. The Bertz CT molecular complexity index is 414. The van der Waals surface area contributed by atoms with E-state index in [0.717, 1.165) is 19.3 Å². The summed E-state index contributed by atoms with van der Waals surface area (Å²) in [7, 11) is -3.43. The number of aromatic nitrogens is 2. The molecule has 17 heavy (non-hydrogen) atoms. The van der Waals surface area contributed by atoms with Crippen LogP contribution in [0, 0.1) is 0 Å². The van der Waals surface area contributed by atoms with E-state index in [0.29, 0.717) is 6.54 Å². The molecule has 0 aromatic carbocycles. The van der Waals surface area contributed by atoms with Crippen LogP contribution in [0.3, 0.4) is 0 Å². The van der Waals surface area contributed by atoms with Gasteiger partial charge >= 0.3 is 0 Å². The van der Waals surface area contributed by atoms with E-state index in [-0.39, 0.29) is 11.1 Å². The van der Waals surface area contributed by atoms with Gasteiger partial charge in [-0.25, -0.2) is 13.4 Å². The van der Waals surface area contributed by atoms with Gasteiger partial charge in [-0.05, 0) is 19.8 Å². The van der Waals surface area contributed by atoms with Crippen LogP contribution in [-0.4, -0.2) is 35.3 Å². The molecule has 0 bridgehead atoms. The van der Waals surface area contributed by atoms with Gasteiger partial charge in [0.1, 0.15) is 0 Å². The average molecular weight is 259 g/mol. The Morgan fingerprint density at radius 2 is 2.18 bits per heavy atom. The summed E-state index contributed by atoms with van der Waals surface area (Å²) in [6, 6.07) is 0.00912. The summed E-state index contributed by atoms with van der Waals surface area (Å²) in [5.74, 6) is 0. The molecule has 1 unspecified atom stereocenters. The summed E-state index contributed by atoms with van der Waals surface area (Å²) in [4.78, 5) is 6.45. The van der Waals surface area contributed by atoms with Crippen LogP contribution in [0.5, 0.6) is 0 Å². The molecular formula is C11H21N3O2S. The molecule has 1 atom stereocenters. The molecule has 0 saturated carbocycles. The molecular weight excluding hydrogens is 238 g/mol. The first-order valence-electron chi connectivity index (χ1n) is 6.04. The van der Waals surface area contributed by atoms with Crippen molar-refractivity contribution in [3.05, 3.63) is 12.5 Å². The number of aromatic amines is 1. The van der Waals surface area contributed by atoms with Gasteiger partial charge in [-0.3, -0.25) is 0 Å². The molecule has 0 saturated heterocycles. The van der Waals surface area contributed by atoms with Gasteiger partial charge in [0.15, 0.2) is 5.03 Å². The Hall–Kier alpha value is -0.880. The van der Waals surface area contributed by atoms with Crippen molar-refractivity contribution in [3.63, 3.8) is 0 Å². The maximum atomic E-state index is 12.4. The molecule has 0 radical (unpaired) electrons. The van der Waals surface area contributed by atoms with Crippen LogP contribution in [0.15, 0.2) is 17.6 Å². The lowest BCUT2D eigenvalue weighted by Gasteiger charge is -2.26. The van der Waals surface area contributed by atoms with E-state index in [9.17, 15) is 8.42 Å². The van der Waals surface area contributed by atoms with E-state index in [1.165, 1.54) is 12.5 Å². The van der Waals surface area contributed by atoms with Crippen LogP contribution >= 0.6 is 0 Å². The summed E-state index contributed by atoms with van der Waals surface area (Å²) < 4.78 is 26.3. The number of hydrogen-bond donors (Lipinski definition) is 1. The fourth-order valence-corrected chi connectivity index (χ4v) is 3.25. The van der Waals surface area contributed by atoms with Crippen molar-refractivity contribution in [1.29, 1.82) is 0 Å². The van der Waals surface area contributed by atoms with Gasteiger partial charge in [0.2, 0.25) is 0 Å². The van der Waals surface area contributed by atoms with Crippen molar-refractivity contribution in [2.75, 3.05) is 6.54 Å². The molecule has 0 aliphatic heterocycles. The van der Waals surface area contributed by atoms with Gasteiger partial charge < -0.3 is 4.98 Å². The third kappa shape index (κ3) is 3.29. The highest BCUT2D eigenvalue weighted by molar-refractivity contribution is 7.89. The van der Waals surface area contributed by atoms with Crippen LogP contribution < -0.4 is 0 Å². The normalized spacial score (nSPS) is 14.1. The fraction of sp³-hybridized carbons (Fsp3) is 0.727. The van der Waals surface area contributed by atoms with Gasteiger partial charge in [0.05, 0.1) is 12.5 Å². The second-order valence-electron chi connectivity index (χ2n) is 4.14. The van der Waals surface area contributed by atoms with Gasteiger partial charge in [-0.15, -0.1) is 0 Å². The molecule has 1 aromatic rings. The zero-order chi connectivity index (χ0) is 12.9. The zero-order valence-corrected chi connectivity index (χ0v) is 11.5. The number of hydrogen-bond acceptors (Lipinski definition) is 3. The molecule has 1 heterocycles. The Labute approximate surface area is 103 Å². The van der Waals surface area contributed by atoms with Crippen molar-refractivity contribution in [1.82, 2.24) is 14.3 Å². The molecule has 1 aromatic heterocycles. The number of imidazole rings is 1. The molecule has 0 aliphatic carbocycles. The first kappa shape index (κ1) is 14.2. The Kier molecular flexibility index (Phi) is 5.14. The minimum Gasteiger partial charge on any atom is -0.335 e. The molecule has 6 heteroatoms. The summed E-state index contributed by atoms with van der Waals surface area (Å²) in [6.07, 6.45) is 5.40. The minimum absolute atomic E-state index is 0.00912. The van der Waals surface area contributed by atoms with E-state index in [1.807, 2.05) is 13.8 Å². The second kappa shape index (κ2) is 6.16. The molecule has 0 aliphatic rings. The molecule has 1 N–H and O–H groups in total. The topological polar surface area (TPSA) is 66.1 Å². The lowest BCUT2D eigenvalue weighted by molar-refractivity contribution is 0.323. The number of rotatable bonds is 7. The van der Waals surface area contributed by atoms with Crippen molar-refractivity contribution < 1.29 is 8.42 Å². The first-order valence-corrected chi connectivity index (χ1v) is 7.48. The summed E-state index contributed by atoms with van der Waals surface area (Å²) >= 11 is 0. The quantitative estimate of drug-likeness (QED) is 0.814. The maximum absolute atomic E-state index is 12.4. The van der Waals surface area contributed by atoms with Gasteiger partial charge in [0.25, 0.3) is 10.0 Å². The summed E-state index contributed by atoms with van der Waals surface area (Å²) in [6.45, 7) is 6.54. The van der Waals surface area contributed by atoms with Crippen LogP contribution in [0.1, 0.15) is 40.0 Å². The van der Waals surface area contributed by atoms with Gasteiger partial charge in [-0.1, -0.05) is 20.3 Å². The fourth-order valence-electron chi connectivity index (χ4n) is 1.61. The Balaban J connectivity index is 2.96. The largest absolute Gasteiger partial charge is 0.335 e. The third-order valence-electron chi connectivity index (χ3n) is 2.87. The van der Waals surface area contributed by atoms with E-state index in [4.69, 9.17) is 0 Å². The minimum atomic E-state index is -3.43. The molecule has 0 amide bonds. The SMILES string of the molecule is CCCCN(C(C)CC)S(=O)(=O)c1cnc[nH]1. The standard InChI is InChI=1S/C11H21N3O2S/c1-4-6-7-14(10(3)5-2)17(15,16)11-8-12-9-13-11/h8-10H,4-7H2,1-3H3,(H,12,13). The van der Waals surface area contributed by atoms with Crippen LogP contribution in [-0.2, 0) is 10.0 Å². The van der Waals surface area contributed by atoms with Crippen LogP contribution in [0.2, 0.25) is 0 Å². The Morgan fingerprint density at radius 3 is 2.65 bits per heavy atom. The highest BCUT2D eigenvalue weighted by atomic mass is 32.2. The smallest absolute Gasteiger partial charge is 0.260 e. The highest BCUT2D eigenvalue weighted by Gasteiger charge is 2.28. The Morgan fingerprint density at radius 1 is 1.47 bits per heavy atom. The van der Waals surface area contributed by atoms with Gasteiger partial charge in [-0.2, -0.15) is 4.31 Å². The monoisotopic (exact) mass is 259 g/mol. The predicted molar refractivity (Wildman–Crippen MR) is 67.1 cm³/mol. The first-order chi connectivity index (χ1) is 8.04. The third-order valence-corrected chi connectivity index (χ3v) is 4.81. The van der Waals surface area contributed by atoms with E-state index in [2.05, 4.69) is 16.9 Å². The van der Waals surface area contributed by atoms with Crippen LogP contribution in [0.25, 0.3) is 0 Å². The maximum Gasteiger partial charge on any atom is 0.260 e. The van der Waals surface area contributed by atoms with E-state index >= 15 is 0 Å². The second-order valence-corrected chi connectivity index (χ2v) is 6.00. The van der Waals surface area contributed by atoms with E-state index < -0.39 is 10.0 Å². The lowest BCUT2D eigenvalue weighted by atomic mass is 10.2. The number of unbranched alkanes of at least 4 members (excludes halogenated alkanes) is 1. The molecule has 5 nitrogen and oxygen atoms in total. The molecule has 0 fully saturated rings. The summed E-state index contributed by atoms with van der Waals surface area (Å²) in [5, 5.41) is 0.175. The van der Waals surface area contributed by atoms with Crippen molar-refractivity contribution in [2.24, 2.45) is 0 Å². The number of nitrogens with zero attached hydrogens (tertiary/aromatic N) is 2. The summed E-state index contributed by atoms with van der Waals surface area (Å²) in [5.41, 5.74) is 0. The molecule has 0 spiro atoms. The number of nitrogens with one attached hydrogen (secondary N) is 1. The van der Waals surface area contributed by atoms with E-state index in [1.54, 1.807) is 4.31 Å². The van der Waals surface area contributed by atoms with Crippen molar-refractivity contribution >= 4 is 10.0 Å². The molecule has 98 valence electrons. The highest BCUT2D eigenvalue weighted by Crippen LogP contribution is 2.18. The predicted octanol–water partition coefficient (Wildman–Crippen LogP) is 2.00. The lowest BCUT2D eigenvalue weighted by Crippen LogP contribution is -2.39.